The van der Waals surface area contributed by atoms with Gasteiger partial charge in [0.1, 0.15) is 0 Å². The third kappa shape index (κ3) is 4.32. The Morgan fingerprint density at radius 2 is 1.95 bits per heavy atom. The lowest BCUT2D eigenvalue weighted by molar-refractivity contribution is -0.113. The second kappa shape index (κ2) is 6.62. The maximum Gasteiger partial charge on any atom is 0.236 e. The number of aromatic nitrogens is 1. The van der Waals surface area contributed by atoms with Gasteiger partial charge in [-0.1, -0.05) is 45.0 Å². The number of nitrogens with zero attached hydrogens (tertiary/aromatic N) is 1. The van der Waals surface area contributed by atoms with Crippen LogP contribution in [0.15, 0.2) is 29.6 Å². The molecule has 0 unspecified atom stereocenters. The average Bonchev–Trinajstić information content (AvgIpc) is 2.86. The highest BCUT2D eigenvalue weighted by molar-refractivity contribution is 7.99. The van der Waals surface area contributed by atoms with E-state index in [2.05, 4.69) is 55.3 Å². The van der Waals surface area contributed by atoms with Crippen molar-refractivity contribution in [2.24, 2.45) is 0 Å². The normalized spacial score (nSPS) is 11.4. The fraction of sp³-hybridized carbons (Fsp3) is 0.375. The van der Waals surface area contributed by atoms with Crippen LogP contribution in [0, 0.1) is 0 Å². The van der Waals surface area contributed by atoms with Crippen molar-refractivity contribution in [2.75, 3.05) is 17.3 Å². The molecule has 2 rings (SSSR count). The van der Waals surface area contributed by atoms with Crippen LogP contribution in [0.4, 0.5) is 5.13 Å². The van der Waals surface area contributed by atoms with E-state index < -0.39 is 0 Å². The Morgan fingerprint density at radius 1 is 1.29 bits per heavy atom. The summed E-state index contributed by atoms with van der Waals surface area (Å²) in [5.74, 6) is 0.446. The molecule has 0 radical (unpaired) electrons. The molecule has 0 saturated heterocycles. The van der Waals surface area contributed by atoms with Crippen molar-refractivity contribution >= 4 is 34.1 Å². The molecule has 2 aromatic rings. The summed E-state index contributed by atoms with van der Waals surface area (Å²) in [4.78, 5) is 16.0. The fourth-order valence-corrected chi connectivity index (χ4v) is 2.96. The molecule has 0 aliphatic rings. The lowest BCUT2D eigenvalue weighted by Crippen LogP contribution is -2.13. The number of hydrogen-bond acceptors (Lipinski definition) is 4. The Labute approximate surface area is 134 Å². The Balaban J connectivity index is 2.12. The zero-order chi connectivity index (χ0) is 15.5. The van der Waals surface area contributed by atoms with E-state index in [1.807, 2.05) is 11.6 Å². The topological polar surface area (TPSA) is 42.0 Å². The van der Waals surface area contributed by atoms with Gasteiger partial charge in [0.05, 0.1) is 11.4 Å². The van der Waals surface area contributed by atoms with Crippen LogP contribution in [0.25, 0.3) is 11.3 Å². The van der Waals surface area contributed by atoms with Gasteiger partial charge in [-0.15, -0.1) is 11.3 Å². The van der Waals surface area contributed by atoms with Crippen molar-refractivity contribution in [3.8, 4) is 11.3 Å². The van der Waals surface area contributed by atoms with E-state index >= 15 is 0 Å². The minimum Gasteiger partial charge on any atom is -0.301 e. The third-order valence-electron chi connectivity index (χ3n) is 3.07. The van der Waals surface area contributed by atoms with E-state index in [1.165, 1.54) is 28.7 Å². The van der Waals surface area contributed by atoms with Gasteiger partial charge in [0.25, 0.3) is 0 Å². The van der Waals surface area contributed by atoms with Crippen LogP contribution < -0.4 is 5.32 Å². The molecular formula is C16H20N2OS2. The van der Waals surface area contributed by atoms with Gasteiger partial charge in [0.2, 0.25) is 5.91 Å². The van der Waals surface area contributed by atoms with Crippen LogP contribution in [0.1, 0.15) is 26.3 Å². The second-order valence-electron chi connectivity index (χ2n) is 5.85. The van der Waals surface area contributed by atoms with Gasteiger partial charge in [-0.05, 0) is 17.2 Å². The fourth-order valence-electron chi connectivity index (χ4n) is 1.89. The van der Waals surface area contributed by atoms with Gasteiger partial charge < -0.3 is 5.32 Å². The number of thiazole rings is 1. The molecule has 1 N–H and O–H groups in total. The minimum atomic E-state index is -0.00789. The zero-order valence-corrected chi connectivity index (χ0v) is 14.4. The standard InChI is InChI=1S/C16H20N2OS2/c1-16(2,3)12-7-5-11(6-8-12)13-9-21-15(17-13)18-14(19)10-20-4/h5-9H,10H2,1-4H3,(H,17,18,19). The molecule has 1 amide bonds. The van der Waals surface area contributed by atoms with E-state index in [-0.39, 0.29) is 11.3 Å². The molecule has 3 nitrogen and oxygen atoms in total. The summed E-state index contributed by atoms with van der Waals surface area (Å²) < 4.78 is 0. The van der Waals surface area contributed by atoms with Crippen molar-refractivity contribution in [3.63, 3.8) is 0 Å². The summed E-state index contributed by atoms with van der Waals surface area (Å²) in [6.45, 7) is 6.60. The third-order valence-corrected chi connectivity index (χ3v) is 4.38. The largest absolute Gasteiger partial charge is 0.301 e. The van der Waals surface area contributed by atoms with E-state index in [1.54, 1.807) is 0 Å². The predicted octanol–water partition coefficient (Wildman–Crippen LogP) is 4.41. The number of thioether (sulfide) groups is 1. The molecule has 21 heavy (non-hydrogen) atoms. The first kappa shape index (κ1) is 16.0. The lowest BCUT2D eigenvalue weighted by atomic mass is 9.86. The molecule has 5 heteroatoms. The monoisotopic (exact) mass is 320 g/mol. The minimum absolute atomic E-state index is 0.00789. The van der Waals surface area contributed by atoms with Gasteiger partial charge in [-0.25, -0.2) is 4.98 Å². The summed E-state index contributed by atoms with van der Waals surface area (Å²) in [5.41, 5.74) is 3.43. The first-order valence-electron chi connectivity index (χ1n) is 6.75. The van der Waals surface area contributed by atoms with Crippen LogP contribution in [0.3, 0.4) is 0 Å². The average molecular weight is 320 g/mol. The molecule has 0 spiro atoms. The summed E-state index contributed by atoms with van der Waals surface area (Å²) in [6.07, 6.45) is 1.91. The molecule has 1 heterocycles. The highest BCUT2D eigenvalue weighted by Gasteiger charge is 2.14. The zero-order valence-electron chi connectivity index (χ0n) is 12.8. The number of benzene rings is 1. The lowest BCUT2D eigenvalue weighted by Gasteiger charge is -2.18. The van der Waals surface area contributed by atoms with Gasteiger partial charge in [0.15, 0.2) is 5.13 Å². The maximum absolute atomic E-state index is 11.5. The number of hydrogen-bond donors (Lipinski definition) is 1. The van der Waals surface area contributed by atoms with Crippen molar-refractivity contribution in [2.45, 2.75) is 26.2 Å². The molecule has 0 atom stereocenters. The quantitative estimate of drug-likeness (QED) is 0.907. The number of carbonyl (C=O) groups is 1. The van der Waals surface area contributed by atoms with Gasteiger partial charge >= 0.3 is 0 Å². The molecule has 112 valence electrons. The highest BCUT2D eigenvalue weighted by atomic mass is 32.2. The summed E-state index contributed by atoms with van der Waals surface area (Å²) in [7, 11) is 0. The Kier molecular flexibility index (Phi) is 5.06. The molecule has 0 bridgehead atoms. The number of amides is 1. The Hall–Kier alpha value is -1.33. The SMILES string of the molecule is CSCC(=O)Nc1nc(-c2ccc(C(C)(C)C)cc2)cs1. The number of anilines is 1. The van der Waals surface area contributed by atoms with Crippen LogP contribution in [-0.4, -0.2) is 22.9 Å². The summed E-state index contributed by atoms with van der Waals surface area (Å²) in [5, 5.41) is 5.45. The van der Waals surface area contributed by atoms with E-state index in [4.69, 9.17) is 0 Å². The smallest absolute Gasteiger partial charge is 0.236 e. The van der Waals surface area contributed by atoms with Crippen molar-refractivity contribution in [1.82, 2.24) is 4.98 Å². The van der Waals surface area contributed by atoms with E-state index in [9.17, 15) is 4.79 Å². The molecule has 1 aromatic heterocycles. The molecule has 0 saturated carbocycles. The molecular weight excluding hydrogens is 300 g/mol. The van der Waals surface area contributed by atoms with Gasteiger partial charge in [-0.2, -0.15) is 11.8 Å². The van der Waals surface area contributed by atoms with E-state index in [0.29, 0.717) is 10.9 Å². The first-order chi connectivity index (χ1) is 9.90. The number of rotatable bonds is 4. The molecule has 0 fully saturated rings. The predicted molar refractivity (Wildman–Crippen MR) is 93.3 cm³/mol. The van der Waals surface area contributed by atoms with Crippen molar-refractivity contribution < 1.29 is 4.79 Å². The molecule has 0 aliphatic heterocycles. The Morgan fingerprint density at radius 3 is 2.52 bits per heavy atom. The van der Waals surface area contributed by atoms with Crippen LogP contribution in [0.5, 0.6) is 0 Å². The van der Waals surface area contributed by atoms with Crippen LogP contribution >= 0.6 is 23.1 Å². The van der Waals surface area contributed by atoms with Crippen LogP contribution in [0.2, 0.25) is 0 Å². The number of carbonyl (C=O) groups excluding carboxylic acids is 1. The van der Waals surface area contributed by atoms with E-state index in [0.717, 1.165) is 11.3 Å². The van der Waals surface area contributed by atoms with Crippen LogP contribution in [-0.2, 0) is 10.2 Å². The van der Waals surface area contributed by atoms with Gasteiger partial charge in [-0.3, -0.25) is 4.79 Å². The van der Waals surface area contributed by atoms with Crippen molar-refractivity contribution in [1.29, 1.82) is 0 Å². The second-order valence-corrected chi connectivity index (χ2v) is 7.57. The molecule has 0 aliphatic carbocycles. The highest BCUT2D eigenvalue weighted by Crippen LogP contribution is 2.28. The van der Waals surface area contributed by atoms with Gasteiger partial charge in [0, 0.05) is 10.9 Å². The summed E-state index contributed by atoms with van der Waals surface area (Å²) in [6, 6.07) is 8.45. The van der Waals surface area contributed by atoms with Crippen molar-refractivity contribution in [3.05, 3.63) is 35.2 Å². The number of nitrogens with one attached hydrogen (secondary N) is 1. The first-order valence-corrected chi connectivity index (χ1v) is 9.03. The Bertz CT molecular complexity index is 612. The maximum atomic E-state index is 11.5. The summed E-state index contributed by atoms with van der Waals surface area (Å²) >= 11 is 2.96. The molecule has 1 aromatic carbocycles.